The van der Waals surface area contributed by atoms with Crippen molar-refractivity contribution in [2.24, 2.45) is 16.9 Å². The van der Waals surface area contributed by atoms with Crippen LogP contribution >= 0.6 is 24.8 Å². The molecule has 5 N–H and O–H groups in total. The molecule has 1 saturated carbocycles. The quantitative estimate of drug-likeness (QED) is 0.600. The Balaban J connectivity index is 0.00000210. The number of hydrogen-bond acceptors (Lipinski definition) is 4. The molecular weight excluding hydrogens is 411 g/mol. The van der Waals surface area contributed by atoms with Crippen LogP contribution in [0.15, 0.2) is 24.3 Å². The van der Waals surface area contributed by atoms with Crippen LogP contribution in [-0.4, -0.2) is 35.8 Å². The highest BCUT2D eigenvalue weighted by atomic mass is 35.5. The fourth-order valence-corrected chi connectivity index (χ4v) is 4.62. The second-order valence-electron chi connectivity index (χ2n) is 8.22. The molecule has 164 valence electrons. The lowest BCUT2D eigenvalue weighted by molar-refractivity contribution is -0.122. The lowest BCUT2D eigenvalue weighted by Gasteiger charge is -2.35. The van der Waals surface area contributed by atoms with E-state index < -0.39 is 0 Å². The van der Waals surface area contributed by atoms with Crippen LogP contribution < -0.4 is 16.8 Å². The second-order valence-corrected chi connectivity index (χ2v) is 8.22. The molecule has 0 radical (unpaired) electrons. The van der Waals surface area contributed by atoms with Gasteiger partial charge in [0.25, 0.3) is 0 Å². The number of benzene rings is 1. The summed E-state index contributed by atoms with van der Waals surface area (Å²) in [5.41, 5.74) is 13.4. The van der Waals surface area contributed by atoms with Gasteiger partial charge < -0.3 is 16.8 Å². The molecule has 2 aliphatic rings. The smallest absolute Gasteiger partial charge is 0.234 e. The number of hydrogen-bond donors (Lipinski definition) is 3. The average molecular weight is 445 g/mol. The van der Waals surface area contributed by atoms with Crippen LogP contribution in [0.4, 0.5) is 5.69 Å². The van der Waals surface area contributed by atoms with Crippen LogP contribution in [0.1, 0.15) is 56.9 Å². The zero-order valence-corrected chi connectivity index (χ0v) is 18.5. The van der Waals surface area contributed by atoms with E-state index in [1.165, 1.54) is 6.42 Å². The van der Waals surface area contributed by atoms with E-state index in [0.29, 0.717) is 19.5 Å². The summed E-state index contributed by atoms with van der Waals surface area (Å²) in [5, 5.41) is 3.04. The first kappa shape index (κ1) is 25.7. The molecule has 1 saturated heterocycles. The van der Waals surface area contributed by atoms with Crippen molar-refractivity contribution in [3.8, 4) is 0 Å². The minimum Gasteiger partial charge on any atom is -0.368 e. The van der Waals surface area contributed by atoms with Crippen molar-refractivity contribution in [3.05, 3.63) is 29.8 Å². The van der Waals surface area contributed by atoms with E-state index in [2.05, 4.69) is 10.2 Å². The summed E-state index contributed by atoms with van der Waals surface area (Å²) in [6, 6.07) is 7.68. The molecule has 29 heavy (non-hydrogen) atoms. The Kier molecular flexibility index (Phi) is 10.4. The molecule has 1 aliphatic heterocycles. The molecule has 1 aromatic carbocycles. The van der Waals surface area contributed by atoms with Crippen molar-refractivity contribution >= 4 is 42.3 Å². The van der Waals surface area contributed by atoms with Gasteiger partial charge in [-0.1, -0.05) is 31.4 Å². The highest BCUT2D eigenvalue weighted by molar-refractivity contribution is 5.91. The predicted molar refractivity (Wildman–Crippen MR) is 121 cm³/mol. The van der Waals surface area contributed by atoms with Crippen molar-refractivity contribution < 1.29 is 9.59 Å². The van der Waals surface area contributed by atoms with Crippen molar-refractivity contribution in [2.45, 2.75) is 64.0 Å². The Morgan fingerprint density at radius 1 is 1.14 bits per heavy atom. The van der Waals surface area contributed by atoms with Gasteiger partial charge in [0.15, 0.2) is 0 Å². The van der Waals surface area contributed by atoms with Crippen molar-refractivity contribution in [1.82, 2.24) is 4.90 Å². The highest BCUT2D eigenvalue weighted by Crippen LogP contribution is 2.38. The molecule has 1 aromatic rings. The zero-order chi connectivity index (χ0) is 19.3. The van der Waals surface area contributed by atoms with Gasteiger partial charge >= 0.3 is 0 Å². The minimum atomic E-state index is -0.253. The molecule has 1 heterocycles. The predicted octanol–water partition coefficient (Wildman–Crippen LogP) is 3.22. The Morgan fingerprint density at radius 2 is 1.86 bits per heavy atom. The van der Waals surface area contributed by atoms with Crippen LogP contribution in [0.3, 0.4) is 0 Å². The van der Waals surface area contributed by atoms with Crippen LogP contribution in [0.2, 0.25) is 0 Å². The van der Waals surface area contributed by atoms with E-state index in [1.54, 1.807) is 0 Å². The first-order valence-corrected chi connectivity index (χ1v) is 10.1. The molecule has 2 amide bonds. The summed E-state index contributed by atoms with van der Waals surface area (Å²) < 4.78 is 0. The van der Waals surface area contributed by atoms with Gasteiger partial charge in [-0.25, -0.2) is 0 Å². The van der Waals surface area contributed by atoms with Crippen molar-refractivity contribution in [2.75, 3.05) is 18.4 Å². The van der Waals surface area contributed by atoms with Crippen LogP contribution in [0, 0.1) is 5.41 Å². The summed E-state index contributed by atoms with van der Waals surface area (Å²) in [6.45, 7) is 2.12. The number of anilines is 1. The molecule has 0 spiro atoms. The number of halogens is 2. The van der Waals surface area contributed by atoms with Gasteiger partial charge in [-0.2, -0.15) is 0 Å². The molecule has 2 fully saturated rings. The third kappa shape index (κ3) is 6.85. The molecule has 8 heteroatoms. The molecule has 0 aromatic heterocycles. The number of carbonyl (C=O) groups is 2. The minimum absolute atomic E-state index is 0. The molecule has 3 rings (SSSR count). The van der Waals surface area contributed by atoms with Gasteiger partial charge in [0.05, 0.1) is 6.04 Å². The topological polar surface area (TPSA) is 101 Å². The lowest BCUT2D eigenvalue weighted by Crippen LogP contribution is -2.39. The Hall–Kier alpha value is -1.34. The summed E-state index contributed by atoms with van der Waals surface area (Å²) >= 11 is 0. The summed E-state index contributed by atoms with van der Waals surface area (Å²) in [4.78, 5) is 26.3. The SMILES string of the molecule is Cl.Cl.NCC1(CC(=O)Nc2cccc(CN3CCCC3C(N)=O)c2)CCCCC1. The van der Waals surface area contributed by atoms with Gasteiger partial charge in [-0.3, -0.25) is 14.5 Å². The maximum Gasteiger partial charge on any atom is 0.234 e. The molecule has 1 atom stereocenters. The van der Waals surface area contributed by atoms with E-state index in [0.717, 1.165) is 56.3 Å². The lowest BCUT2D eigenvalue weighted by atomic mass is 9.71. The summed E-state index contributed by atoms with van der Waals surface area (Å²) in [7, 11) is 0. The monoisotopic (exact) mass is 444 g/mol. The number of nitrogens with two attached hydrogens (primary N) is 2. The summed E-state index contributed by atoms with van der Waals surface area (Å²) in [5.74, 6) is -0.216. The average Bonchev–Trinajstić information content (AvgIpc) is 3.11. The summed E-state index contributed by atoms with van der Waals surface area (Å²) in [6.07, 6.45) is 7.96. The third-order valence-corrected chi connectivity index (χ3v) is 6.17. The zero-order valence-electron chi connectivity index (χ0n) is 16.9. The number of nitrogens with zero attached hydrogens (tertiary/aromatic N) is 1. The number of primary amides is 1. The van der Waals surface area contributed by atoms with E-state index in [1.807, 2.05) is 24.3 Å². The fourth-order valence-electron chi connectivity index (χ4n) is 4.62. The maximum atomic E-state index is 12.6. The van der Waals surface area contributed by atoms with E-state index in [4.69, 9.17) is 11.5 Å². The van der Waals surface area contributed by atoms with Crippen molar-refractivity contribution in [3.63, 3.8) is 0 Å². The number of amides is 2. The van der Waals surface area contributed by atoms with E-state index in [9.17, 15) is 9.59 Å². The number of nitrogens with one attached hydrogen (secondary N) is 1. The Morgan fingerprint density at radius 3 is 2.52 bits per heavy atom. The fraction of sp³-hybridized carbons (Fsp3) is 0.619. The molecule has 1 aliphatic carbocycles. The number of carbonyl (C=O) groups excluding carboxylic acids is 2. The normalized spacial score (nSPS) is 20.9. The van der Waals surface area contributed by atoms with E-state index in [-0.39, 0.29) is 48.1 Å². The largest absolute Gasteiger partial charge is 0.368 e. The highest BCUT2D eigenvalue weighted by Gasteiger charge is 2.33. The first-order valence-electron chi connectivity index (χ1n) is 10.1. The third-order valence-electron chi connectivity index (χ3n) is 6.17. The molecular formula is C21H34Cl2N4O2. The van der Waals surface area contributed by atoms with Crippen LogP contribution in [0.5, 0.6) is 0 Å². The van der Waals surface area contributed by atoms with Crippen molar-refractivity contribution in [1.29, 1.82) is 0 Å². The molecule has 1 unspecified atom stereocenters. The number of likely N-dealkylation sites (tertiary alicyclic amines) is 1. The van der Waals surface area contributed by atoms with Gasteiger partial charge in [0.1, 0.15) is 0 Å². The van der Waals surface area contributed by atoms with E-state index >= 15 is 0 Å². The Bertz CT molecular complexity index is 680. The van der Waals surface area contributed by atoms with Gasteiger partial charge in [0, 0.05) is 18.7 Å². The maximum absolute atomic E-state index is 12.6. The van der Waals surface area contributed by atoms with Gasteiger partial charge in [-0.15, -0.1) is 24.8 Å². The van der Waals surface area contributed by atoms with Crippen LogP contribution in [-0.2, 0) is 16.1 Å². The molecule has 0 bridgehead atoms. The number of rotatable bonds is 7. The molecule has 6 nitrogen and oxygen atoms in total. The van der Waals surface area contributed by atoms with Crippen LogP contribution in [0.25, 0.3) is 0 Å². The first-order chi connectivity index (χ1) is 13.0. The van der Waals surface area contributed by atoms with Gasteiger partial charge in [0.2, 0.25) is 11.8 Å². The Labute approximate surface area is 186 Å². The van der Waals surface area contributed by atoms with Gasteiger partial charge in [-0.05, 0) is 61.9 Å². The standard InChI is InChI=1S/C21H32N4O2.2ClH/c22-15-21(9-2-1-3-10-21)13-19(26)24-17-7-4-6-16(12-17)14-25-11-5-8-18(25)20(23)27;;/h4,6-7,12,18H,1-3,5,8-11,13-15,22H2,(H2,23,27)(H,24,26);2*1H. The second kappa shape index (κ2) is 11.7.